The Morgan fingerprint density at radius 2 is 2.17 bits per heavy atom. The first kappa shape index (κ1) is 15.7. The Morgan fingerprint density at radius 3 is 2.87 bits per heavy atom. The number of hydrogen-bond donors (Lipinski definition) is 1. The van der Waals surface area contributed by atoms with Crippen molar-refractivity contribution >= 4 is 11.8 Å². The van der Waals surface area contributed by atoms with Crippen molar-refractivity contribution in [3.05, 3.63) is 29.6 Å². The third-order valence-electron chi connectivity index (χ3n) is 4.22. The molecule has 2 N–H and O–H groups in total. The minimum Gasteiger partial charge on any atom is -0.483 e. The van der Waals surface area contributed by atoms with E-state index in [4.69, 9.17) is 15.2 Å². The quantitative estimate of drug-likeness (QED) is 0.875. The molecule has 1 aliphatic heterocycles. The molecule has 1 atom stereocenters. The van der Waals surface area contributed by atoms with Crippen LogP contribution < -0.4 is 10.5 Å². The minimum absolute atomic E-state index is 0.0120. The lowest BCUT2D eigenvalue weighted by Crippen LogP contribution is -2.51. The van der Waals surface area contributed by atoms with Crippen LogP contribution in [-0.4, -0.2) is 49.1 Å². The number of ether oxygens (including phenoxy) is 2. The molecule has 2 fully saturated rings. The lowest BCUT2D eigenvalue weighted by Gasteiger charge is -2.35. The van der Waals surface area contributed by atoms with Crippen LogP contribution in [0.2, 0.25) is 0 Å². The molecular weight excluding hydrogens is 303 g/mol. The number of carbonyl (C=O) groups is 2. The second kappa shape index (κ2) is 6.54. The van der Waals surface area contributed by atoms with Gasteiger partial charge in [0.1, 0.15) is 17.1 Å². The van der Waals surface area contributed by atoms with Crippen molar-refractivity contribution in [3.63, 3.8) is 0 Å². The summed E-state index contributed by atoms with van der Waals surface area (Å²) in [5.41, 5.74) is 4.83. The fourth-order valence-electron chi connectivity index (χ4n) is 2.89. The lowest BCUT2D eigenvalue weighted by atomic mass is 10.1. The highest BCUT2D eigenvalue weighted by molar-refractivity contribution is 5.96. The van der Waals surface area contributed by atoms with Crippen LogP contribution in [0.5, 0.6) is 5.75 Å². The van der Waals surface area contributed by atoms with Crippen LogP contribution in [0.1, 0.15) is 23.2 Å². The van der Waals surface area contributed by atoms with Crippen molar-refractivity contribution in [2.24, 2.45) is 11.7 Å². The van der Waals surface area contributed by atoms with Crippen molar-refractivity contribution in [1.82, 2.24) is 4.90 Å². The summed E-state index contributed by atoms with van der Waals surface area (Å²) < 4.78 is 24.5. The van der Waals surface area contributed by atoms with Crippen LogP contribution in [0.15, 0.2) is 18.2 Å². The van der Waals surface area contributed by atoms with Gasteiger partial charge in [-0.05, 0) is 30.9 Å². The number of benzene rings is 1. The van der Waals surface area contributed by atoms with Gasteiger partial charge >= 0.3 is 0 Å². The maximum absolute atomic E-state index is 13.7. The summed E-state index contributed by atoms with van der Waals surface area (Å²) in [6, 6.07) is 4.04. The van der Waals surface area contributed by atoms with Crippen molar-refractivity contribution in [2.45, 2.75) is 18.9 Å². The first-order chi connectivity index (χ1) is 11.1. The largest absolute Gasteiger partial charge is 0.483 e. The molecule has 3 rings (SSSR count). The monoisotopic (exact) mass is 322 g/mol. The van der Waals surface area contributed by atoms with Gasteiger partial charge in [0.25, 0.3) is 11.8 Å². The third-order valence-corrected chi connectivity index (χ3v) is 4.22. The molecule has 0 aromatic heterocycles. The highest BCUT2D eigenvalue weighted by atomic mass is 19.1. The van der Waals surface area contributed by atoms with E-state index in [9.17, 15) is 14.0 Å². The minimum atomic E-state index is -0.923. The van der Waals surface area contributed by atoms with E-state index in [2.05, 4.69) is 0 Å². The Labute approximate surface area is 133 Å². The summed E-state index contributed by atoms with van der Waals surface area (Å²) in [5, 5.41) is 0. The first-order valence-electron chi connectivity index (χ1n) is 7.66. The molecule has 1 aliphatic carbocycles. The lowest BCUT2D eigenvalue weighted by molar-refractivity contribution is -0.143. The second-order valence-electron chi connectivity index (χ2n) is 5.83. The van der Waals surface area contributed by atoms with Crippen LogP contribution in [0.25, 0.3) is 0 Å². The van der Waals surface area contributed by atoms with Gasteiger partial charge in [0.15, 0.2) is 6.61 Å². The molecule has 0 radical (unpaired) electrons. The Balaban J connectivity index is 1.67. The van der Waals surface area contributed by atoms with Gasteiger partial charge in [0.05, 0.1) is 19.3 Å². The normalized spacial score (nSPS) is 21.1. The average Bonchev–Trinajstić information content (AvgIpc) is 3.37. The van der Waals surface area contributed by atoms with E-state index in [1.54, 1.807) is 4.90 Å². The molecule has 2 amide bonds. The van der Waals surface area contributed by atoms with E-state index >= 15 is 0 Å². The van der Waals surface area contributed by atoms with Crippen LogP contribution >= 0.6 is 0 Å². The Hall–Kier alpha value is -2.15. The number of hydrogen-bond acceptors (Lipinski definition) is 4. The molecule has 1 saturated carbocycles. The fourth-order valence-corrected chi connectivity index (χ4v) is 2.89. The number of primary amides is 1. The number of nitrogens with zero attached hydrogens (tertiary/aromatic N) is 1. The van der Waals surface area contributed by atoms with Crippen molar-refractivity contribution in [3.8, 4) is 5.75 Å². The van der Waals surface area contributed by atoms with Crippen LogP contribution in [0.4, 0.5) is 4.39 Å². The summed E-state index contributed by atoms with van der Waals surface area (Å²) in [6.07, 6.45) is 2.21. The molecule has 6 nitrogen and oxygen atoms in total. The zero-order valence-electron chi connectivity index (χ0n) is 12.7. The molecule has 23 heavy (non-hydrogen) atoms. The first-order valence-corrected chi connectivity index (χ1v) is 7.66. The number of carbonyl (C=O) groups excluding carboxylic acids is 2. The molecular formula is C16H19FN2O4. The Kier molecular flexibility index (Phi) is 4.47. The smallest absolute Gasteiger partial charge is 0.260 e. The van der Waals surface area contributed by atoms with E-state index in [0.717, 1.165) is 18.9 Å². The highest BCUT2D eigenvalue weighted by Crippen LogP contribution is 2.36. The summed E-state index contributed by atoms with van der Waals surface area (Å²) in [6.45, 7) is 1.31. The SMILES string of the molecule is NC(=O)c1c(F)cccc1OCC(=O)N1CCOCC1C1CC1. The second-order valence-corrected chi connectivity index (χ2v) is 5.83. The zero-order valence-corrected chi connectivity index (χ0v) is 12.7. The predicted molar refractivity (Wildman–Crippen MR) is 79.5 cm³/mol. The van der Waals surface area contributed by atoms with Crippen LogP contribution in [-0.2, 0) is 9.53 Å². The molecule has 1 aromatic carbocycles. The summed E-state index contributed by atoms with van der Waals surface area (Å²) >= 11 is 0. The molecule has 1 unspecified atom stereocenters. The van der Waals surface area contributed by atoms with Gasteiger partial charge in [-0.3, -0.25) is 9.59 Å². The average molecular weight is 322 g/mol. The number of morpholine rings is 1. The van der Waals surface area contributed by atoms with Gasteiger partial charge in [0.2, 0.25) is 0 Å². The molecule has 1 heterocycles. The van der Waals surface area contributed by atoms with Crippen molar-refractivity contribution in [1.29, 1.82) is 0 Å². The van der Waals surface area contributed by atoms with Gasteiger partial charge in [0, 0.05) is 6.54 Å². The van der Waals surface area contributed by atoms with Gasteiger partial charge in [-0.25, -0.2) is 4.39 Å². The molecule has 7 heteroatoms. The van der Waals surface area contributed by atoms with Crippen LogP contribution in [0.3, 0.4) is 0 Å². The van der Waals surface area contributed by atoms with Gasteiger partial charge in [-0.15, -0.1) is 0 Å². The van der Waals surface area contributed by atoms with Gasteiger partial charge in [-0.1, -0.05) is 6.07 Å². The topological polar surface area (TPSA) is 81.9 Å². The Bertz CT molecular complexity index is 618. The summed E-state index contributed by atoms with van der Waals surface area (Å²) in [7, 11) is 0. The molecule has 1 aromatic rings. The summed E-state index contributed by atoms with van der Waals surface area (Å²) in [4.78, 5) is 25.5. The van der Waals surface area contributed by atoms with Gasteiger partial charge < -0.3 is 20.1 Å². The molecule has 2 aliphatic rings. The van der Waals surface area contributed by atoms with E-state index < -0.39 is 11.7 Å². The highest BCUT2D eigenvalue weighted by Gasteiger charge is 2.39. The zero-order chi connectivity index (χ0) is 16.4. The number of rotatable bonds is 5. The van der Waals surface area contributed by atoms with E-state index in [1.807, 2.05) is 0 Å². The maximum atomic E-state index is 13.7. The Morgan fingerprint density at radius 1 is 1.39 bits per heavy atom. The number of halogens is 1. The standard InChI is InChI=1S/C16H19FN2O4/c17-11-2-1-3-13(15(11)16(18)21)23-9-14(20)19-6-7-22-8-12(19)10-4-5-10/h1-3,10,12H,4-9H2,(H2,18,21). The molecule has 1 saturated heterocycles. The van der Waals surface area contributed by atoms with Crippen molar-refractivity contribution in [2.75, 3.05) is 26.4 Å². The van der Waals surface area contributed by atoms with E-state index in [0.29, 0.717) is 25.7 Å². The van der Waals surface area contributed by atoms with Gasteiger partial charge in [-0.2, -0.15) is 0 Å². The van der Waals surface area contributed by atoms with E-state index in [-0.39, 0.29) is 29.9 Å². The molecule has 124 valence electrons. The maximum Gasteiger partial charge on any atom is 0.260 e. The molecule has 0 spiro atoms. The third kappa shape index (κ3) is 3.44. The van der Waals surface area contributed by atoms with E-state index in [1.165, 1.54) is 12.1 Å². The number of amides is 2. The number of nitrogens with two attached hydrogens (primary N) is 1. The van der Waals surface area contributed by atoms with Crippen molar-refractivity contribution < 1.29 is 23.5 Å². The molecule has 0 bridgehead atoms. The van der Waals surface area contributed by atoms with Crippen LogP contribution in [0, 0.1) is 11.7 Å². The fraction of sp³-hybridized carbons (Fsp3) is 0.500. The summed E-state index contributed by atoms with van der Waals surface area (Å²) in [5.74, 6) is -1.39. The predicted octanol–water partition coefficient (Wildman–Crippen LogP) is 0.941.